The fourth-order valence-electron chi connectivity index (χ4n) is 2.54. The highest BCUT2D eigenvalue weighted by atomic mass is 32.1. The van der Waals surface area contributed by atoms with E-state index in [1.165, 1.54) is 11.3 Å². The maximum atomic E-state index is 12.1. The Kier molecular flexibility index (Phi) is 6.57. The van der Waals surface area contributed by atoms with Gasteiger partial charge in [0.25, 0.3) is 5.91 Å². The van der Waals surface area contributed by atoms with Crippen LogP contribution in [0.15, 0.2) is 42.5 Å². The molecule has 3 rings (SSSR count). The van der Waals surface area contributed by atoms with Crippen molar-refractivity contribution < 1.29 is 23.8 Å². The maximum Gasteiger partial charge on any atom is 0.338 e. The topological polar surface area (TPSA) is 86.8 Å². The number of methoxy groups -OCH3 is 1. The van der Waals surface area contributed by atoms with Crippen LogP contribution in [0.4, 0.5) is 5.13 Å². The molecule has 2 aromatic carbocycles. The number of nitrogens with one attached hydrogen (secondary N) is 1. The molecule has 1 aromatic heterocycles. The number of aromatic nitrogens is 1. The first-order valence-electron chi connectivity index (χ1n) is 8.67. The Morgan fingerprint density at radius 3 is 2.82 bits per heavy atom. The number of esters is 1. The van der Waals surface area contributed by atoms with Crippen molar-refractivity contribution in [3.63, 3.8) is 0 Å². The number of rotatable bonds is 8. The van der Waals surface area contributed by atoms with E-state index in [4.69, 9.17) is 14.2 Å². The van der Waals surface area contributed by atoms with Crippen LogP contribution in [0.2, 0.25) is 0 Å². The first-order valence-corrected chi connectivity index (χ1v) is 9.49. The lowest BCUT2D eigenvalue weighted by Gasteiger charge is -2.06. The van der Waals surface area contributed by atoms with E-state index in [0.717, 1.165) is 21.5 Å². The molecule has 0 spiro atoms. The quantitative estimate of drug-likeness (QED) is 0.581. The summed E-state index contributed by atoms with van der Waals surface area (Å²) < 4.78 is 16.5. The lowest BCUT2D eigenvalue weighted by Crippen LogP contribution is -2.20. The van der Waals surface area contributed by atoms with Crippen molar-refractivity contribution in [2.75, 3.05) is 25.6 Å². The van der Waals surface area contributed by atoms with Crippen LogP contribution in [-0.2, 0) is 20.9 Å². The Bertz CT molecular complexity index is 986. The third-order valence-corrected chi connectivity index (χ3v) is 4.66. The largest absolute Gasteiger partial charge is 0.494 e. The van der Waals surface area contributed by atoms with Gasteiger partial charge < -0.3 is 14.2 Å². The van der Waals surface area contributed by atoms with Crippen LogP contribution < -0.4 is 10.1 Å². The molecule has 0 fully saturated rings. The van der Waals surface area contributed by atoms with Crippen molar-refractivity contribution >= 4 is 38.6 Å². The van der Waals surface area contributed by atoms with E-state index in [0.29, 0.717) is 23.9 Å². The number of amides is 1. The molecule has 7 nitrogen and oxygen atoms in total. The van der Waals surface area contributed by atoms with Gasteiger partial charge in [0.2, 0.25) is 0 Å². The molecule has 0 saturated heterocycles. The summed E-state index contributed by atoms with van der Waals surface area (Å²) in [4.78, 5) is 28.6. The number of thiazole rings is 1. The summed E-state index contributed by atoms with van der Waals surface area (Å²) in [6, 6.07) is 12.4. The van der Waals surface area contributed by atoms with E-state index in [2.05, 4.69) is 10.3 Å². The number of fused-ring (bicyclic) bond motifs is 1. The molecule has 1 amide bonds. The summed E-state index contributed by atoms with van der Waals surface area (Å²) >= 11 is 1.33. The maximum absolute atomic E-state index is 12.1. The van der Waals surface area contributed by atoms with Crippen molar-refractivity contribution in [1.29, 1.82) is 0 Å². The molecule has 8 heteroatoms. The minimum Gasteiger partial charge on any atom is -0.494 e. The molecule has 0 aliphatic rings. The van der Waals surface area contributed by atoms with Crippen LogP contribution in [-0.4, -0.2) is 37.2 Å². The van der Waals surface area contributed by atoms with Crippen LogP contribution in [0, 0.1) is 0 Å². The second kappa shape index (κ2) is 9.29. The summed E-state index contributed by atoms with van der Waals surface area (Å²) in [6.45, 7) is 2.49. The van der Waals surface area contributed by atoms with Gasteiger partial charge in [0.15, 0.2) is 11.7 Å². The molecule has 0 bridgehead atoms. The predicted molar refractivity (Wildman–Crippen MR) is 107 cm³/mol. The van der Waals surface area contributed by atoms with E-state index < -0.39 is 18.5 Å². The minimum absolute atomic E-state index is 0.366. The minimum atomic E-state index is -0.571. The Hall–Kier alpha value is -2.97. The van der Waals surface area contributed by atoms with Crippen molar-refractivity contribution in [2.45, 2.75) is 13.5 Å². The van der Waals surface area contributed by atoms with Crippen molar-refractivity contribution in [1.82, 2.24) is 4.98 Å². The van der Waals surface area contributed by atoms with Gasteiger partial charge in [-0.1, -0.05) is 23.5 Å². The standard InChI is InChI=1S/C20H20N2O5S/c1-3-26-15-7-8-16-17(10-15)28-20(21-16)22-18(23)12-27-19(24)14-6-4-5-13(9-14)11-25-2/h4-10H,3,11-12H2,1-2H3,(H,21,22,23). The van der Waals surface area contributed by atoms with Crippen LogP contribution in [0.25, 0.3) is 10.2 Å². The fourth-order valence-corrected chi connectivity index (χ4v) is 3.45. The van der Waals surface area contributed by atoms with Crippen LogP contribution in [0.1, 0.15) is 22.8 Å². The number of benzene rings is 2. The molecule has 28 heavy (non-hydrogen) atoms. The molecule has 0 aliphatic carbocycles. The van der Waals surface area contributed by atoms with E-state index in [-0.39, 0.29) is 0 Å². The van der Waals surface area contributed by atoms with Crippen LogP contribution >= 0.6 is 11.3 Å². The molecule has 0 atom stereocenters. The van der Waals surface area contributed by atoms with Crippen molar-refractivity contribution in [3.8, 4) is 5.75 Å². The number of carbonyl (C=O) groups is 2. The first-order chi connectivity index (χ1) is 13.6. The normalized spacial score (nSPS) is 10.6. The average molecular weight is 400 g/mol. The van der Waals surface area contributed by atoms with Gasteiger partial charge in [-0.15, -0.1) is 0 Å². The number of hydrogen-bond acceptors (Lipinski definition) is 7. The Morgan fingerprint density at radius 1 is 1.18 bits per heavy atom. The van der Waals surface area contributed by atoms with Gasteiger partial charge in [0, 0.05) is 7.11 Å². The molecule has 0 saturated carbocycles. The van der Waals surface area contributed by atoms with Crippen LogP contribution in [0.3, 0.4) is 0 Å². The van der Waals surface area contributed by atoms with E-state index in [1.807, 2.05) is 31.2 Å². The lowest BCUT2D eigenvalue weighted by molar-refractivity contribution is -0.119. The number of ether oxygens (including phenoxy) is 3. The Labute approximate surface area is 166 Å². The zero-order valence-electron chi connectivity index (χ0n) is 15.6. The number of nitrogens with zero attached hydrogens (tertiary/aromatic N) is 1. The zero-order valence-corrected chi connectivity index (χ0v) is 16.4. The van der Waals surface area contributed by atoms with E-state index >= 15 is 0 Å². The summed E-state index contributed by atoms with van der Waals surface area (Å²) in [5, 5.41) is 3.09. The van der Waals surface area contributed by atoms with Gasteiger partial charge in [-0.2, -0.15) is 0 Å². The lowest BCUT2D eigenvalue weighted by atomic mass is 10.1. The summed E-state index contributed by atoms with van der Waals surface area (Å²) in [5.41, 5.74) is 1.98. The molecule has 1 N–H and O–H groups in total. The highest BCUT2D eigenvalue weighted by Gasteiger charge is 2.13. The average Bonchev–Trinajstić information content (AvgIpc) is 3.08. The molecule has 0 unspecified atom stereocenters. The van der Waals surface area contributed by atoms with Gasteiger partial charge >= 0.3 is 5.97 Å². The summed E-state index contributed by atoms with van der Waals surface area (Å²) in [6.07, 6.45) is 0. The van der Waals surface area contributed by atoms with Crippen molar-refractivity contribution in [3.05, 3.63) is 53.6 Å². The van der Waals surface area contributed by atoms with Gasteiger partial charge in [0.05, 0.1) is 29.0 Å². The molecule has 3 aromatic rings. The highest BCUT2D eigenvalue weighted by Crippen LogP contribution is 2.29. The van der Waals surface area contributed by atoms with E-state index in [9.17, 15) is 9.59 Å². The second-order valence-electron chi connectivity index (χ2n) is 5.84. The van der Waals surface area contributed by atoms with Gasteiger partial charge in [0.1, 0.15) is 5.75 Å². The molecule has 1 heterocycles. The summed E-state index contributed by atoms with van der Waals surface area (Å²) in [7, 11) is 1.58. The first kappa shape index (κ1) is 19.8. The monoisotopic (exact) mass is 400 g/mol. The van der Waals surface area contributed by atoms with Crippen molar-refractivity contribution in [2.24, 2.45) is 0 Å². The predicted octanol–water partition coefficient (Wildman–Crippen LogP) is 3.64. The number of anilines is 1. The fraction of sp³-hybridized carbons (Fsp3) is 0.250. The zero-order chi connectivity index (χ0) is 19.9. The van der Waals surface area contributed by atoms with Gasteiger partial charge in [-0.25, -0.2) is 9.78 Å². The third-order valence-electron chi connectivity index (χ3n) is 3.73. The van der Waals surface area contributed by atoms with E-state index in [1.54, 1.807) is 25.3 Å². The second-order valence-corrected chi connectivity index (χ2v) is 6.87. The SMILES string of the molecule is CCOc1ccc2nc(NC(=O)COC(=O)c3cccc(COC)c3)sc2c1. The third kappa shape index (κ3) is 5.05. The van der Waals surface area contributed by atoms with Gasteiger partial charge in [-0.05, 0) is 42.8 Å². The summed E-state index contributed by atoms with van der Waals surface area (Å²) in [5.74, 6) is -0.273. The Balaban J connectivity index is 1.57. The number of carbonyl (C=O) groups excluding carboxylic acids is 2. The Morgan fingerprint density at radius 2 is 2.04 bits per heavy atom. The molecule has 146 valence electrons. The highest BCUT2D eigenvalue weighted by molar-refractivity contribution is 7.22. The van der Waals surface area contributed by atoms with Gasteiger partial charge in [-0.3, -0.25) is 10.1 Å². The molecule has 0 radical (unpaired) electrons. The smallest absolute Gasteiger partial charge is 0.338 e. The molecular weight excluding hydrogens is 380 g/mol. The molecule has 0 aliphatic heterocycles. The number of hydrogen-bond donors (Lipinski definition) is 1. The molecular formula is C20H20N2O5S. The van der Waals surface area contributed by atoms with Crippen LogP contribution in [0.5, 0.6) is 5.75 Å².